The molecule has 0 amide bonds. The summed E-state index contributed by atoms with van der Waals surface area (Å²) in [7, 11) is 1.97. The monoisotopic (exact) mass is 275 g/mol. The van der Waals surface area contributed by atoms with E-state index in [1.807, 2.05) is 13.1 Å². The molecule has 1 atom stereocenters. The first kappa shape index (κ1) is 13.6. The maximum absolute atomic E-state index is 13.2. The summed E-state index contributed by atoms with van der Waals surface area (Å²) in [4.78, 5) is 0. The Hall–Kier alpha value is -1.35. The molecule has 1 aliphatic rings. The molecule has 0 radical (unpaired) electrons. The number of nitrogens with one attached hydrogen (secondary N) is 1. The molecular weight excluding hydrogens is 253 g/mol. The fourth-order valence-electron chi connectivity index (χ4n) is 3.34. The van der Waals surface area contributed by atoms with Crippen molar-refractivity contribution in [2.75, 3.05) is 7.05 Å². The molecule has 1 saturated carbocycles. The Bertz CT molecular complexity index is 571. The Morgan fingerprint density at radius 1 is 1.30 bits per heavy atom. The number of hydrogen-bond donors (Lipinski definition) is 1. The topological polar surface area (TPSA) is 25.2 Å². The van der Waals surface area contributed by atoms with E-state index in [-0.39, 0.29) is 11.9 Å². The van der Waals surface area contributed by atoms with Crippen molar-refractivity contribution in [3.8, 4) is 0 Å². The molecule has 3 heteroatoms. The van der Waals surface area contributed by atoms with Crippen LogP contribution in [0.5, 0.6) is 0 Å². The average Bonchev–Trinajstić information content (AvgIpc) is 3.08. The maximum atomic E-state index is 13.2. The zero-order chi connectivity index (χ0) is 13.9. The highest BCUT2D eigenvalue weighted by atomic mass is 19.1. The Balaban J connectivity index is 1.72. The van der Waals surface area contributed by atoms with E-state index >= 15 is 0 Å². The van der Waals surface area contributed by atoms with Gasteiger partial charge in [-0.1, -0.05) is 25.7 Å². The van der Waals surface area contributed by atoms with Crippen LogP contribution in [0.1, 0.15) is 50.3 Å². The fourth-order valence-corrected chi connectivity index (χ4v) is 3.34. The summed E-state index contributed by atoms with van der Waals surface area (Å²) in [5, 5.41) is 4.18. The Morgan fingerprint density at radius 3 is 2.85 bits per heavy atom. The summed E-state index contributed by atoms with van der Waals surface area (Å²) in [6.07, 6.45) is 7.86. The van der Waals surface area contributed by atoms with Crippen LogP contribution in [0.3, 0.4) is 0 Å². The molecular formula is C17H22FNO. The predicted octanol–water partition coefficient (Wildman–Crippen LogP) is 4.80. The molecule has 1 aromatic carbocycles. The SMILES string of the molecule is CNC(CCC1CCCC1)c1cc2cc(F)ccc2o1. The molecule has 1 aromatic heterocycles. The van der Waals surface area contributed by atoms with Gasteiger partial charge >= 0.3 is 0 Å². The molecule has 1 N–H and O–H groups in total. The molecule has 2 aromatic rings. The van der Waals surface area contributed by atoms with Crippen molar-refractivity contribution in [2.45, 2.75) is 44.6 Å². The summed E-state index contributed by atoms with van der Waals surface area (Å²) in [5.41, 5.74) is 0.766. The van der Waals surface area contributed by atoms with Crippen molar-refractivity contribution >= 4 is 11.0 Å². The van der Waals surface area contributed by atoms with Gasteiger partial charge in [0.25, 0.3) is 0 Å². The van der Waals surface area contributed by atoms with Crippen LogP contribution in [0.2, 0.25) is 0 Å². The maximum Gasteiger partial charge on any atom is 0.134 e. The Morgan fingerprint density at radius 2 is 2.10 bits per heavy atom. The third-order valence-corrected chi connectivity index (χ3v) is 4.53. The van der Waals surface area contributed by atoms with Gasteiger partial charge in [0.15, 0.2) is 0 Å². The van der Waals surface area contributed by atoms with Crippen molar-refractivity contribution in [2.24, 2.45) is 5.92 Å². The lowest BCUT2D eigenvalue weighted by Gasteiger charge is -2.16. The van der Waals surface area contributed by atoms with Gasteiger partial charge in [0.2, 0.25) is 0 Å². The first-order chi connectivity index (χ1) is 9.76. The lowest BCUT2D eigenvalue weighted by molar-refractivity contribution is 0.383. The molecule has 108 valence electrons. The average molecular weight is 275 g/mol. The number of rotatable bonds is 5. The minimum Gasteiger partial charge on any atom is -0.459 e. The van der Waals surface area contributed by atoms with Crippen molar-refractivity contribution in [3.63, 3.8) is 0 Å². The molecule has 3 rings (SSSR count). The smallest absolute Gasteiger partial charge is 0.134 e. The van der Waals surface area contributed by atoms with Crippen LogP contribution in [0.4, 0.5) is 4.39 Å². The summed E-state index contributed by atoms with van der Waals surface area (Å²) < 4.78 is 19.1. The molecule has 1 unspecified atom stereocenters. The highest BCUT2D eigenvalue weighted by molar-refractivity contribution is 5.78. The van der Waals surface area contributed by atoms with E-state index in [1.54, 1.807) is 6.07 Å². The second-order valence-electron chi connectivity index (χ2n) is 5.90. The summed E-state index contributed by atoms with van der Waals surface area (Å²) in [6.45, 7) is 0. The number of benzene rings is 1. The van der Waals surface area contributed by atoms with Crippen LogP contribution in [0, 0.1) is 11.7 Å². The second kappa shape index (κ2) is 5.96. The largest absolute Gasteiger partial charge is 0.459 e. The van der Waals surface area contributed by atoms with Gasteiger partial charge in [-0.2, -0.15) is 0 Å². The number of fused-ring (bicyclic) bond motifs is 1. The highest BCUT2D eigenvalue weighted by Crippen LogP contribution is 2.33. The van der Waals surface area contributed by atoms with E-state index in [4.69, 9.17) is 4.42 Å². The predicted molar refractivity (Wildman–Crippen MR) is 79.2 cm³/mol. The number of halogens is 1. The van der Waals surface area contributed by atoms with E-state index in [0.717, 1.165) is 29.1 Å². The van der Waals surface area contributed by atoms with E-state index in [9.17, 15) is 4.39 Å². The summed E-state index contributed by atoms with van der Waals surface area (Å²) in [6, 6.07) is 6.88. The van der Waals surface area contributed by atoms with Crippen LogP contribution in [-0.2, 0) is 0 Å². The molecule has 1 fully saturated rings. The van der Waals surface area contributed by atoms with Gasteiger partial charge in [-0.05, 0) is 50.1 Å². The van der Waals surface area contributed by atoms with Gasteiger partial charge in [0.1, 0.15) is 17.2 Å². The fraction of sp³-hybridized carbons (Fsp3) is 0.529. The van der Waals surface area contributed by atoms with Gasteiger partial charge in [-0.15, -0.1) is 0 Å². The molecule has 0 bridgehead atoms. The van der Waals surface area contributed by atoms with Crippen molar-refractivity contribution in [1.29, 1.82) is 0 Å². The highest BCUT2D eigenvalue weighted by Gasteiger charge is 2.19. The first-order valence-electron chi connectivity index (χ1n) is 7.62. The van der Waals surface area contributed by atoms with Crippen molar-refractivity contribution in [1.82, 2.24) is 5.32 Å². The Kier molecular flexibility index (Phi) is 4.06. The molecule has 1 heterocycles. The standard InChI is InChI=1S/C17H22FNO/c1-19-15(8-6-12-4-2-3-5-12)17-11-13-10-14(18)7-9-16(13)20-17/h7,9-12,15,19H,2-6,8H2,1H3. The van der Waals surface area contributed by atoms with Crippen LogP contribution in [0.25, 0.3) is 11.0 Å². The molecule has 0 spiro atoms. The van der Waals surface area contributed by atoms with E-state index in [2.05, 4.69) is 5.32 Å². The van der Waals surface area contributed by atoms with Crippen LogP contribution < -0.4 is 5.32 Å². The lowest BCUT2D eigenvalue weighted by atomic mass is 9.97. The molecule has 0 saturated heterocycles. The zero-order valence-electron chi connectivity index (χ0n) is 12.0. The van der Waals surface area contributed by atoms with Crippen molar-refractivity contribution < 1.29 is 8.81 Å². The third-order valence-electron chi connectivity index (χ3n) is 4.53. The number of hydrogen-bond acceptors (Lipinski definition) is 2. The van der Waals surface area contributed by atoms with Crippen molar-refractivity contribution in [3.05, 3.63) is 35.8 Å². The van der Waals surface area contributed by atoms with Gasteiger partial charge in [0.05, 0.1) is 6.04 Å². The van der Waals surface area contributed by atoms with Crippen LogP contribution in [-0.4, -0.2) is 7.05 Å². The first-order valence-corrected chi connectivity index (χ1v) is 7.62. The summed E-state index contributed by atoms with van der Waals surface area (Å²) >= 11 is 0. The van der Waals surface area contributed by atoms with E-state index < -0.39 is 0 Å². The van der Waals surface area contributed by atoms with Crippen LogP contribution in [0.15, 0.2) is 28.7 Å². The molecule has 20 heavy (non-hydrogen) atoms. The normalized spacial score (nSPS) is 17.9. The third kappa shape index (κ3) is 2.88. The van der Waals surface area contributed by atoms with E-state index in [0.29, 0.717) is 0 Å². The second-order valence-corrected chi connectivity index (χ2v) is 5.90. The van der Waals surface area contributed by atoms with Gasteiger partial charge in [0, 0.05) is 5.39 Å². The number of furan rings is 1. The van der Waals surface area contributed by atoms with Gasteiger partial charge in [-0.3, -0.25) is 0 Å². The lowest BCUT2D eigenvalue weighted by Crippen LogP contribution is -2.16. The van der Waals surface area contributed by atoms with Gasteiger partial charge in [-0.25, -0.2) is 4.39 Å². The zero-order valence-corrected chi connectivity index (χ0v) is 12.0. The minimum atomic E-state index is -0.211. The summed E-state index contributed by atoms with van der Waals surface area (Å²) in [5.74, 6) is 1.59. The minimum absolute atomic E-state index is 0.211. The quantitative estimate of drug-likeness (QED) is 0.847. The molecule has 0 aliphatic heterocycles. The molecule has 2 nitrogen and oxygen atoms in total. The Labute approximate surface area is 119 Å². The van der Waals surface area contributed by atoms with E-state index in [1.165, 1.54) is 44.2 Å². The van der Waals surface area contributed by atoms with Gasteiger partial charge < -0.3 is 9.73 Å². The molecule has 1 aliphatic carbocycles. The van der Waals surface area contributed by atoms with Crippen LogP contribution >= 0.6 is 0 Å².